The van der Waals surface area contributed by atoms with Crippen LogP contribution in [-0.2, 0) is 4.79 Å². The molecule has 1 aromatic heterocycles. The fourth-order valence-corrected chi connectivity index (χ4v) is 3.16. The number of nitrogens with zero attached hydrogens (tertiary/aromatic N) is 1. The van der Waals surface area contributed by atoms with Crippen molar-refractivity contribution in [2.24, 2.45) is 5.10 Å². The zero-order valence-electron chi connectivity index (χ0n) is 15.1. The van der Waals surface area contributed by atoms with Crippen LogP contribution in [0.5, 0.6) is 5.75 Å². The number of carbonyl (C=O) groups is 2. The van der Waals surface area contributed by atoms with Gasteiger partial charge in [0.05, 0.1) is 23.1 Å². The van der Waals surface area contributed by atoms with Crippen molar-refractivity contribution in [3.05, 3.63) is 92.3 Å². The van der Waals surface area contributed by atoms with E-state index in [2.05, 4.69) is 26.5 Å². The molecule has 1 amide bonds. The van der Waals surface area contributed by atoms with Crippen molar-refractivity contribution in [3.8, 4) is 5.75 Å². The number of rotatable bonds is 6. The van der Waals surface area contributed by atoms with Crippen molar-refractivity contribution in [3.63, 3.8) is 0 Å². The third kappa shape index (κ3) is 6.06. The van der Waals surface area contributed by atoms with Crippen LogP contribution in [0.25, 0.3) is 6.08 Å². The van der Waals surface area contributed by atoms with Crippen LogP contribution >= 0.6 is 39.1 Å². The van der Waals surface area contributed by atoms with E-state index >= 15 is 0 Å². The summed E-state index contributed by atoms with van der Waals surface area (Å²) >= 11 is 15.2. The number of hydrogen-bond acceptors (Lipinski definition) is 5. The Morgan fingerprint density at radius 3 is 2.70 bits per heavy atom. The summed E-state index contributed by atoms with van der Waals surface area (Å²) in [5.74, 6) is -0.328. The maximum atomic E-state index is 12.2. The van der Waals surface area contributed by atoms with E-state index in [1.807, 2.05) is 0 Å². The Bertz CT molecular complexity index is 1130. The van der Waals surface area contributed by atoms with Gasteiger partial charge in [0, 0.05) is 21.1 Å². The van der Waals surface area contributed by atoms with Crippen molar-refractivity contribution in [1.29, 1.82) is 0 Å². The Morgan fingerprint density at radius 2 is 1.97 bits per heavy atom. The Morgan fingerprint density at radius 1 is 1.13 bits per heavy atom. The van der Waals surface area contributed by atoms with Gasteiger partial charge in [-0.05, 0) is 54.6 Å². The van der Waals surface area contributed by atoms with Gasteiger partial charge in [-0.25, -0.2) is 10.2 Å². The molecule has 0 saturated heterocycles. The Labute approximate surface area is 190 Å². The molecule has 0 spiro atoms. The topological polar surface area (TPSA) is 80.9 Å². The number of amides is 1. The Kier molecular flexibility index (Phi) is 7.46. The number of esters is 1. The number of ether oxygens (including phenoxy) is 1. The van der Waals surface area contributed by atoms with Gasteiger partial charge < -0.3 is 9.15 Å². The van der Waals surface area contributed by atoms with Gasteiger partial charge in [-0.2, -0.15) is 5.10 Å². The molecule has 2 aromatic carbocycles. The van der Waals surface area contributed by atoms with Crippen LogP contribution in [-0.4, -0.2) is 18.1 Å². The smallest absolute Gasteiger partial charge is 0.336 e. The highest BCUT2D eigenvalue weighted by atomic mass is 79.9. The average molecular weight is 508 g/mol. The largest absolute Gasteiger partial charge is 0.465 e. The standard InChI is InChI=1S/C21H13BrCl2N2O4/c22-14-3-7-19(30-20(27)8-5-16-2-1-9-29-16)13(10-14)12-25-26-21(28)17-6-4-15(23)11-18(17)24/h1-12H,(H,26,28)/b8-5+,25-12+. The van der Waals surface area contributed by atoms with Crippen molar-refractivity contribution in [1.82, 2.24) is 5.43 Å². The quantitative estimate of drug-likeness (QED) is 0.152. The van der Waals surface area contributed by atoms with Gasteiger partial charge in [0.1, 0.15) is 11.5 Å². The number of furan rings is 1. The van der Waals surface area contributed by atoms with E-state index < -0.39 is 11.9 Å². The van der Waals surface area contributed by atoms with E-state index in [-0.39, 0.29) is 16.3 Å². The van der Waals surface area contributed by atoms with Gasteiger partial charge in [0.2, 0.25) is 0 Å². The number of benzene rings is 2. The van der Waals surface area contributed by atoms with Crippen molar-refractivity contribution < 1.29 is 18.7 Å². The van der Waals surface area contributed by atoms with Crippen LogP contribution in [0.1, 0.15) is 21.7 Å². The predicted octanol–water partition coefficient (Wildman–Crippen LogP) is 5.73. The molecular weight excluding hydrogens is 495 g/mol. The molecular formula is C21H13BrCl2N2O4. The van der Waals surface area contributed by atoms with Gasteiger partial charge in [0.25, 0.3) is 5.91 Å². The van der Waals surface area contributed by atoms with Crippen molar-refractivity contribution in [2.45, 2.75) is 0 Å². The highest BCUT2D eigenvalue weighted by Gasteiger charge is 2.11. The van der Waals surface area contributed by atoms with E-state index in [4.69, 9.17) is 32.4 Å². The lowest BCUT2D eigenvalue weighted by Gasteiger charge is -2.06. The number of hydrogen-bond donors (Lipinski definition) is 1. The van der Waals surface area contributed by atoms with Gasteiger partial charge in [-0.15, -0.1) is 0 Å². The second kappa shape index (κ2) is 10.2. The molecule has 0 fully saturated rings. The summed E-state index contributed by atoms with van der Waals surface area (Å²) < 4.78 is 11.2. The minimum absolute atomic E-state index is 0.204. The van der Waals surface area contributed by atoms with Crippen LogP contribution in [0.4, 0.5) is 0 Å². The van der Waals surface area contributed by atoms with Gasteiger partial charge in [-0.1, -0.05) is 39.1 Å². The summed E-state index contributed by atoms with van der Waals surface area (Å²) in [5.41, 5.74) is 3.06. The van der Waals surface area contributed by atoms with Crippen LogP contribution in [0.15, 0.2) is 74.9 Å². The molecule has 152 valence electrons. The zero-order chi connectivity index (χ0) is 21.5. The van der Waals surface area contributed by atoms with Crippen molar-refractivity contribution >= 4 is 63.3 Å². The lowest BCUT2D eigenvalue weighted by molar-refractivity contribution is -0.128. The highest BCUT2D eigenvalue weighted by molar-refractivity contribution is 9.10. The first-order valence-corrected chi connectivity index (χ1v) is 9.98. The molecule has 0 aliphatic heterocycles. The number of hydrazone groups is 1. The fraction of sp³-hybridized carbons (Fsp3) is 0. The first-order valence-electron chi connectivity index (χ1n) is 8.44. The monoisotopic (exact) mass is 506 g/mol. The maximum absolute atomic E-state index is 12.2. The van der Waals surface area contributed by atoms with E-state index in [0.29, 0.717) is 16.3 Å². The lowest BCUT2D eigenvalue weighted by Crippen LogP contribution is -2.18. The second-order valence-electron chi connectivity index (χ2n) is 5.78. The van der Waals surface area contributed by atoms with Crippen LogP contribution in [0.2, 0.25) is 10.0 Å². The van der Waals surface area contributed by atoms with E-state index in [1.165, 1.54) is 36.8 Å². The summed E-state index contributed by atoms with van der Waals surface area (Å²) in [4.78, 5) is 24.3. The predicted molar refractivity (Wildman–Crippen MR) is 119 cm³/mol. The molecule has 0 atom stereocenters. The third-order valence-corrected chi connectivity index (χ3v) is 4.70. The molecule has 6 nitrogen and oxygen atoms in total. The molecule has 0 unspecified atom stereocenters. The molecule has 9 heteroatoms. The minimum atomic E-state index is -0.597. The highest BCUT2D eigenvalue weighted by Crippen LogP contribution is 2.23. The molecule has 0 aliphatic carbocycles. The van der Waals surface area contributed by atoms with Crippen LogP contribution in [0.3, 0.4) is 0 Å². The molecule has 0 bridgehead atoms. The fourth-order valence-electron chi connectivity index (χ4n) is 2.29. The Hall–Kier alpha value is -2.87. The van der Waals surface area contributed by atoms with Crippen LogP contribution in [0, 0.1) is 0 Å². The first kappa shape index (κ1) is 21.8. The molecule has 3 aromatic rings. The summed E-state index contributed by atoms with van der Waals surface area (Å²) in [6.45, 7) is 0. The molecule has 0 aliphatic rings. The normalized spacial score (nSPS) is 11.2. The van der Waals surface area contributed by atoms with Gasteiger partial charge in [-0.3, -0.25) is 4.79 Å². The molecule has 30 heavy (non-hydrogen) atoms. The van der Waals surface area contributed by atoms with Crippen molar-refractivity contribution in [2.75, 3.05) is 0 Å². The SMILES string of the molecule is O=C(/C=C/c1ccco1)Oc1ccc(Br)cc1/C=N/NC(=O)c1ccc(Cl)cc1Cl. The first-order chi connectivity index (χ1) is 14.4. The molecule has 0 radical (unpaired) electrons. The number of nitrogens with one attached hydrogen (secondary N) is 1. The van der Waals surface area contributed by atoms with Crippen LogP contribution < -0.4 is 10.2 Å². The number of carbonyl (C=O) groups excluding carboxylic acids is 2. The molecule has 1 heterocycles. The maximum Gasteiger partial charge on any atom is 0.336 e. The Balaban J connectivity index is 1.70. The summed E-state index contributed by atoms with van der Waals surface area (Å²) in [5, 5.41) is 4.54. The summed E-state index contributed by atoms with van der Waals surface area (Å²) in [6.07, 6.45) is 5.59. The molecule has 0 saturated carbocycles. The van der Waals surface area contributed by atoms with Gasteiger partial charge in [0.15, 0.2) is 0 Å². The third-order valence-electron chi connectivity index (χ3n) is 3.65. The second-order valence-corrected chi connectivity index (χ2v) is 7.53. The van der Waals surface area contributed by atoms with Gasteiger partial charge >= 0.3 is 5.97 Å². The summed E-state index contributed by atoms with van der Waals surface area (Å²) in [7, 11) is 0. The average Bonchev–Trinajstić information content (AvgIpc) is 3.22. The number of halogens is 3. The minimum Gasteiger partial charge on any atom is -0.465 e. The molecule has 1 N–H and O–H groups in total. The van der Waals surface area contributed by atoms with E-state index in [0.717, 1.165) is 4.47 Å². The lowest BCUT2D eigenvalue weighted by atomic mass is 10.2. The molecule has 3 rings (SSSR count). The van der Waals surface area contributed by atoms with E-state index in [9.17, 15) is 9.59 Å². The summed E-state index contributed by atoms with van der Waals surface area (Å²) in [6, 6.07) is 12.9. The zero-order valence-corrected chi connectivity index (χ0v) is 18.2. The van der Waals surface area contributed by atoms with E-state index in [1.54, 1.807) is 36.4 Å².